The Bertz CT molecular complexity index is 482. The fourth-order valence-electron chi connectivity index (χ4n) is 2.52. The number of nitrogens with one attached hydrogen (secondary N) is 1. The van der Waals surface area contributed by atoms with Crippen LogP contribution < -0.4 is 5.56 Å². The molecule has 0 amide bonds. The molecular weight excluding hydrogens is 200 g/mol. The summed E-state index contributed by atoms with van der Waals surface area (Å²) in [4.78, 5) is 14.3. The van der Waals surface area contributed by atoms with Crippen molar-refractivity contribution in [2.75, 3.05) is 0 Å². The first-order valence-electron chi connectivity index (χ1n) is 5.89. The van der Waals surface area contributed by atoms with Gasteiger partial charge in [0.05, 0.1) is 0 Å². The summed E-state index contributed by atoms with van der Waals surface area (Å²) in [6.45, 7) is 2.20. The Morgan fingerprint density at radius 1 is 1.62 bits per heavy atom. The number of H-pyrrole nitrogens is 1. The quantitative estimate of drug-likeness (QED) is 0.823. The van der Waals surface area contributed by atoms with Gasteiger partial charge < -0.3 is 4.98 Å². The average molecular weight is 216 g/mol. The predicted molar refractivity (Wildman–Crippen MR) is 62.2 cm³/mol. The predicted octanol–water partition coefficient (Wildman–Crippen LogP) is 2.15. The number of hydrogen-bond donors (Lipinski definition) is 1. The molecule has 84 valence electrons. The van der Waals surface area contributed by atoms with Crippen molar-refractivity contribution in [3.8, 4) is 6.07 Å². The van der Waals surface area contributed by atoms with E-state index in [1.54, 1.807) is 6.07 Å². The highest BCUT2D eigenvalue weighted by molar-refractivity contribution is 5.34. The van der Waals surface area contributed by atoms with Crippen molar-refractivity contribution in [3.05, 3.63) is 33.2 Å². The van der Waals surface area contributed by atoms with Crippen LogP contribution in [0.2, 0.25) is 0 Å². The highest BCUT2D eigenvalue weighted by atomic mass is 16.1. The molecule has 3 nitrogen and oxygen atoms in total. The number of hydrogen-bond acceptors (Lipinski definition) is 2. The number of fused-ring (bicyclic) bond motifs is 1. The van der Waals surface area contributed by atoms with Crippen LogP contribution in [0.5, 0.6) is 0 Å². The second-order valence-corrected chi connectivity index (χ2v) is 4.53. The molecule has 0 fully saturated rings. The zero-order valence-corrected chi connectivity index (χ0v) is 9.55. The lowest BCUT2D eigenvalue weighted by Crippen LogP contribution is -2.21. The van der Waals surface area contributed by atoms with Crippen LogP contribution in [-0.4, -0.2) is 4.98 Å². The van der Waals surface area contributed by atoms with Gasteiger partial charge in [0.25, 0.3) is 5.56 Å². The molecule has 1 N–H and O–H groups in total. The molecule has 1 atom stereocenters. The number of aryl methyl sites for hydroxylation is 1. The first kappa shape index (κ1) is 10.9. The minimum absolute atomic E-state index is 0.241. The Morgan fingerprint density at radius 3 is 3.12 bits per heavy atom. The number of pyridine rings is 1. The molecule has 1 aliphatic carbocycles. The molecule has 1 aromatic heterocycles. The van der Waals surface area contributed by atoms with Crippen LogP contribution in [0, 0.1) is 17.2 Å². The molecule has 0 spiro atoms. The topological polar surface area (TPSA) is 56.6 Å². The van der Waals surface area contributed by atoms with Crippen molar-refractivity contribution in [1.29, 1.82) is 5.26 Å². The summed E-state index contributed by atoms with van der Waals surface area (Å²) in [7, 11) is 0. The summed E-state index contributed by atoms with van der Waals surface area (Å²) in [6.07, 6.45) is 5.55. The first-order chi connectivity index (χ1) is 7.74. The summed E-state index contributed by atoms with van der Waals surface area (Å²) < 4.78 is 0. The van der Waals surface area contributed by atoms with Gasteiger partial charge in [-0.25, -0.2) is 0 Å². The van der Waals surface area contributed by atoms with Gasteiger partial charge in [-0.1, -0.05) is 19.8 Å². The van der Waals surface area contributed by atoms with Crippen molar-refractivity contribution >= 4 is 0 Å². The van der Waals surface area contributed by atoms with Crippen LogP contribution in [0.1, 0.15) is 43.0 Å². The van der Waals surface area contributed by atoms with E-state index in [1.165, 1.54) is 18.4 Å². The third-order valence-corrected chi connectivity index (χ3v) is 3.34. The van der Waals surface area contributed by atoms with Crippen LogP contribution in [-0.2, 0) is 12.8 Å². The van der Waals surface area contributed by atoms with E-state index < -0.39 is 0 Å². The maximum absolute atomic E-state index is 11.5. The van der Waals surface area contributed by atoms with E-state index in [9.17, 15) is 4.79 Å². The molecule has 16 heavy (non-hydrogen) atoms. The molecule has 0 radical (unpaired) electrons. The van der Waals surface area contributed by atoms with E-state index >= 15 is 0 Å². The molecule has 1 aromatic rings. The standard InChI is InChI=1S/C13H16N2O/c1-2-3-9-4-5-12-10(6-9)7-11(8-14)13(16)15-12/h7,9H,2-6H2,1H3,(H,15,16)/t9-/m1/s1. The van der Waals surface area contributed by atoms with E-state index in [4.69, 9.17) is 5.26 Å². The molecule has 0 unspecified atom stereocenters. The van der Waals surface area contributed by atoms with Crippen LogP contribution in [0.25, 0.3) is 0 Å². The number of nitrogens with zero attached hydrogens (tertiary/aromatic N) is 1. The summed E-state index contributed by atoms with van der Waals surface area (Å²) >= 11 is 0. The molecule has 0 saturated carbocycles. The average Bonchev–Trinajstić information content (AvgIpc) is 2.29. The van der Waals surface area contributed by atoms with Crippen LogP contribution in [0.4, 0.5) is 0 Å². The van der Waals surface area contributed by atoms with Crippen LogP contribution in [0.15, 0.2) is 10.9 Å². The van der Waals surface area contributed by atoms with E-state index in [2.05, 4.69) is 11.9 Å². The van der Waals surface area contributed by atoms with Gasteiger partial charge in [-0.3, -0.25) is 4.79 Å². The number of aromatic nitrogens is 1. The fraction of sp³-hybridized carbons (Fsp3) is 0.538. The number of nitriles is 1. The highest BCUT2D eigenvalue weighted by Crippen LogP contribution is 2.26. The smallest absolute Gasteiger partial charge is 0.266 e. The second kappa shape index (κ2) is 4.52. The van der Waals surface area contributed by atoms with Crippen molar-refractivity contribution in [3.63, 3.8) is 0 Å². The lowest BCUT2D eigenvalue weighted by atomic mass is 9.83. The van der Waals surface area contributed by atoms with E-state index in [0.29, 0.717) is 0 Å². The summed E-state index contributed by atoms with van der Waals surface area (Å²) in [5, 5.41) is 8.82. The SMILES string of the molecule is CCC[C@@H]1CCc2[nH]c(=O)c(C#N)cc2C1. The Hall–Kier alpha value is -1.56. The monoisotopic (exact) mass is 216 g/mol. The fourth-order valence-corrected chi connectivity index (χ4v) is 2.52. The van der Waals surface area contributed by atoms with Gasteiger partial charge in [-0.2, -0.15) is 5.26 Å². The Kier molecular flexibility index (Phi) is 3.09. The molecule has 1 heterocycles. The lowest BCUT2D eigenvalue weighted by molar-refractivity contribution is 0.418. The summed E-state index contributed by atoms with van der Waals surface area (Å²) in [5.74, 6) is 0.718. The zero-order chi connectivity index (χ0) is 11.5. The van der Waals surface area contributed by atoms with Crippen LogP contribution >= 0.6 is 0 Å². The van der Waals surface area contributed by atoms with E-state index in [0.717, 1.165) is 30.9 Å². The molecular formula is C13H16N2O. The normalized spacial score (nSPS) is 18.9. The minimum Gasteiger partial charge on any atom is -0.325 e. The Labute approximate surface area is 95.1 Å². The third kappa shape index (κ3) is 2.01. The summed E-state index contributed by atoms with van der Waals surface area (Å²) in [6, 6.07) is 3.72. The first-order valence-corrected chi connectivity index (χ1v) is 5.89. The second-order valence-electron chi connectivity index (χ2n) is 4.53. The van der Waals surface area contributed by atoms with Crippen molar-refractivity contribution in [2.24, 2.45) is 5.92 Å². The largest absolute Gasteiger partial charge is 0.325 e. The Morgan fingerprint density at radius 2 is 2.44 bits per heavy atom. The van der Waals surface area contributed by atoms with Gasteiger partial charge in [0.15, 0.2) is 0 Å². The molecule has 0 bridgehead atoms. The molecule has 0 aliphatic heterocycles. The molecule has 2 rings (SSSR count). The van der Waals surface area contributed by atoms with Crippen molar-refractivity contribution < 1.29 is 0 Å². The molecule has 3 heteroatoms. The van der Waals surface area contributed by atoms with Gasteiger partial charge in [0, 0.05) is 5.69 Å². The van der Waals surface area contributed by atoms with Gasteiger partial charge in [-0.05, 0) is 36.8 Å². The zero-order valence-electron chi connectivity index (χ0n) is 9.55. The molecule has 0 saturated heterocycles. The van der Waals surface area contributed by atoms with Gasteiger partial charge in [-0.15, -0.1) is 0 Å². The summed E-state index contributed by atoms with van der Waals surface area (Å²) in [5.41, 5.74) is 2.21. The lowest BCUT2D eigenvalue weighted by Gasteiger charge is -2.23. The van der Waals surface area contributed by atoms with Gasteiger partial charge in [0.2, 0.25) is 0 Å². The van der Waals surface area contributed by atoms with Crippen molar-refractivity contribution in [1.82, 2.24) is 4.98 Å². The maximum atomic E-state index is 11.5. The third-order valence-electron chi connectivity index (χ3n) is 3.34. The van der Waals surface area contributed by atoms with Gasteiger partial charge in [0.1, 0.15) is 11.6 Å². The highest BCUT2D eigenvalue weighted by Gasteiger charge is 2.19. The van der Waals surface area contributed by atoms with E-state index in [-0.39, 0.29) is 11.1 Å². The number of aromatic amines is 1. The van der Waals surface area contributed by atoms with Gasteiger partial charge >= 0.3 is 0 Å². The molecule has 1 aliphatic rings. The van der Waals surface area contributed by atoms with Crippen molar-refractivity contribution in [2.45, 2.75) is 39.0 Å². The number of rotatable bonds is 2. The molecule has 0 aromatic carbocycles. The maximum Gasteiger partial charge on any atom is 0.266 e. The van der Waals surface area contributed by atoms with E-state index in [1.807, 2.05) is 6.07 Å². The Balaban J connectivity index is 2.31. The van der Waals surface area contributed by atoms with Crippen LogP contribution in [0.3, 0.4) is 0 Å². The minimum atomic E-state index is -0.241.